The number of amides is 1. The van der Waals surface area contributed by atoms with Crippen molar-refractivity contribution in [2.75, 3.05) is 18.9 Å². The molecule has 6 nitrogen and oxygen atoms in total. The Morgan fingerprint density at radius 1 is 1.23 bits per heavy atom. The Labute approximate surface area is 142 Å². The number of nitrogens with zero attached hydrogens (tertiary/aromatic N) is 3. The standard InChI is InChI=1S/C14H19N5O.2ClH/c1-15-8-2-3-14(20)18-13-6-4-12(5-7-13)9-19-11-16-10-17-19;;/h4-7,10-11,15H,2-3,8-9H2,1H3,(H,18,20);2*1H. The monoisotopic (exact) mass is 345 g/mol. The van der Waals surface area contributed by atoms with Gasteiger partial charge in [0.15, 0.2) is 0 Å². The second-order valence-electron chi connectivity index (χ2n) is 4.55. The number of benzene rings is 1. The van der Waals surface area contributed by atoms with Crippen molar-refractivity contribution in [2.45, 2.75) is 19.4 Å². The zero-order chi connectivity index (χ0) is 14.2. The first-order chi connectivity index (χ1) is 9.78. The summed E-state index contributed by atoms with van der Waals surface area (Å²) in [7, 11) is 1.88. The van der Waals surface area contributed by atoms with Gasteiger partial charge in [0.05, 0.1) is 6.54 Å². The Morgan fingerprint density at radius 3 is 2.55 bits per heavy atom. The molecule has 0 aliphatic carbocycles. The van der Waals surface area contributed by atoms with Crippen molar-refractivity contribution in [3.05, 3.63) is 42.5 Å². The Hall–Kier alpha value is -1.63. The van der Waals surface area contributed by atoms with E-state index < -0.39 is 0 Å². The number of hydrogen-bond donors (Lipinski definition) is 2. The summed E-state index contributed by atoms with van der Waals surface area (Å²) in [4.78, 5) is 15.6. The van der Waals surface area contributed by atoms with E-state index in [0.29, 0.717) is 13.0 Å². The molecule has 0 atom stereocenters. The number of halogens is 2. The molecular weight excluding hydrogens is 325 g/mol. The molecule has 0 spiro atoms. The summed E-state index contributed by atoms with van der Waals surface area (Å²) in [6, 6.07) is 7.76. The van der Waals surface area contributed by atoms with Crippen LogP contribution in [-0.2, 0) is 11.3 Å². The van der Waals surface area contributed by atoms with Crippen molar-refractivity contribution < 1.29 is 4.79 Å². The van der Waals surface area contributed by atoms with Crippen molar-refractivity contribution in [1.82, 2.24) is 20.1 Å². The highest BCUT2D eigenvalue weighted by Gasteiger charge is 2.02. The lowest BCUT2D eigenvalue weighted by Crippen LogP contribution is -2.15. The fourth-order valence-electron chi connectivity index (χ4n) is 1.84. The van der Waals surface area contributed by atoms with E-state index in [-0.39, 0.29) is 30.7 Å². The van der Waals surface area contributed by atoms with Crippen molar-refractivity contribution in [3.8, 4) is 0 Å². The lowest BCUT2D eigenvalue weighted by atomic mass is 10.2. The van der Waals surface area contributed by atoms with Crippen LogP contribution in [0.25, 0.3) is 0 Å². The van der Waals surface area contributed by atoms with Gasteiger partial charge in [-0.25, -0.2) is 9.67 Å². The molecule has 0 bridgehead atoms. The van der Waals surface area contributed by atoms with Gasteiger partial charge in [0.2, 0.25) is 5.91 Å². The highest BCUT2D eigenvalue weighted by atomic mass is 35.5. The normalized spacial score (nSPS) is 9.50. The lowest BCUT2D eigenvalue weighted by Gasteiger charge is -2.06. The summed E-state index contributed by atoms with van der Waals surface area (Å²) in [5.74, 6) is 0.0456. The predicted octanol–water partition coefficient (Wildman–Crippen LogP) is 2.11. The molecule has 0 radical (unpaired) electrons. The quantitative estimate of drug-likeness (QED) is 0.754. The van der Waals surface area contributed by atoms with Crippen molar-refractivity contribution in [1.29, 1.82) is 0 Å². The summed E-state index contributed by atoms with van der Waals surface area (Å²) in [6.45, 7) is 1.53. The van der Waals surface area contributed by atoms with Crippen LogP contribution in [0.4, 0.5) is 5.69 Å². The first kappa shape index (κ1) is 20.4. The Morgan fingerprint density at radius 2 is 1.95 bits per heavy atom. The Bertz CT molecular complexity index is 531. The number of rotatable bonds is 7. The largest absolute Gasteiger partial charge is 0.326 e. The molecule has 1 aromatic heterocycles. The van der Waals surface area contributed by atoms with Crippen LogP contribution in [0.1, 0.15) is 18.4 Å². The van der Waals surface area contributed by atoms with Crippen molar-refractivity contribution >= 4 is 36.4 Å². The molecule has 2 N–H and O–H groups in total. The molecule has 1 amide bonds. The maximum Gasteiger partial charge on any atom is 0.224 e. The molecule has 8 heteroatoms. The molecule has 0 unspecified atom stereocenters. The highest BCUT2D eigenvalue weighted by molar-refractivity contribution is 5.90. The third kappa shape index (κ3) is 6.89. The second-order valence-corrected chi connectivity index (χ2v) is 4.55. The Kier molecular flexibility index (Phi) is 10.2. The number of carbonyl (C=O) groups is 1. The zero-order valence-corrected chi connectivity index (χ0v) is 14.0. The van der Waals surface area contributed by atoms with E-state index in [1.807, 2.05) is 31.3 Å². The molecule has 2 aromatic rings. The highest BCUT2D eigenvalue weighted by Crippen LogP contribution is 2.11. The maximum atomic E-state index is 11.7. The molecule has 0 aliphatic heterocycles. The molecule has 2 rings (SSSR count). The molecule has 0 saturated heterocycles. The zero-order valence-electron chi connectivity index (χ0n) is 12.4. The van der Waals surface area contributed by atoms with Crippen LogP contribution in [-0.4, -0.2) is 34.3 Å². The van der Waals surface area contributed by atoms with Gasteiger partial charge in [-0.2, -0.15) is 5.10 Å². The van der Waals surface area contributed by atoms with E-state index in [0.717, 1.165) is 24.2 Å². The van der Waals surface area contributed by atoms with E-state index in [4.69, 9.17) is 0 Å². The lowest BCUT2D eigenvalue weighted by molar-refractivity contribution is -0.116. The molecule has 122 valence electrons. The summed E-state index contributed by atoms with van der Waals surface area (Å²) >= 11 is 0. The minimum Gasteiger partial charge on any atom is -0.326 e. The summed E-state index contributed by atoms with van der Waals surface area (Å²) in [6.07, 6.45) is 4.56. The summed E-state index contributed by atoms with van der Waals surface area (Å²) < 4.78 is 1.76. The fraction of sp³-hybridized carbons (Fsp3) is 0.357. The first-order valence-corrected chi connectivity index (χ1v) is 6.64. The molecule has 0 saturated carbocycles. The van der Waals surface area contributed by atoms with Gasteiger partial charge in [-0.3, -0.25) is 4.79 Å². The maximum absolute atomic E-state index is 11.7. The van der Waals surface area contributed by atoms with E-state index in [2.05, 4.69) is 20.7 Å². The van der Waals surface area contributed by atoms with Crippen LogP contribution in [0.2, 0.25) is 0 Å². The molecule has 1 aromatic carbocycles. The number of carbonyl (C=O) groups excluding carboxylic acids is 1. The van der Waals surface area contributed by atoms with Gasteiger partial charge in [0, 0.05) is 12.1 Å². The van der Waals surface area contributed by atoms with Crippen LogP contribution < -0.4 is 10.6 Å². The SMILES string of the molecule is CNCCCC(=O)Nc1ccc(Cn2cncn2)cc1.Cl.Cl. The molecule has 1 heterocycles. The van der Waals surface area contributed by atoms with Gasteiger partial charge in [0.1, 0.15) is 12.7 Å². The number of aromatic nitrogens is 3. The third-order valence-corrected chi connectivity index (χ3v) is 2.88. The van der Waals surface area contributed by atoms with Crippen molar-refractivity contribution in [3.63, 3.8) is 0 Å². The van der Waals surface area contributed by atoms with Crippen LogP contribution in [0.5, 0.6) is 0 Å². The molecule has 0 aliphatic rings. The molecule has 0 fully saturated rings. The van der Waals surface area contributed by atoms with Crippen LogP contribution in [0.15, 0.2) is 36.9 Å². The average molecular weight is 346 g/mol. The van der Waals surface area contributed by atoms with Gasteiger partial charge < -0.3 is 10.6 Å². The van der Waals surface area contributed by atoms with E-state index in [9.17, 15) is 4.79 Å². The minimum atomic E-state index is 0. The van der Waals surface area contributed by atoms with Crippen molar-refractivity contribution in [2.24, 2.45) is 0 Å². The van der Waals surface area contributed by atoms with E-state index in [1.165, 1.54) is 6.33 Å². The Balaban J connectivity index is 0.00000220. The first-order valence-electron chi connectivity index (χ1n) is 6.64. The average Bonchev–Trinajstić information content (AvgIpc) is 2.94. The number of hydrogen-bond acceptors (Lipinski definition) is 4. The van der Waals surface area contributed by atoms with E-state index >= 15 is 0 Å². The molecular formula is C14H21Cl2N5O. The summed E-state index contributed by atoms with van der Waals surface area (Å²) in [5.41, 5.74) is 1.94. The van der Waals surface area contributed by atoms with Gasteiger partial charge in [-0.15, -0.1) is 24.8 Å². The van der Waals surface area contributed by atoms with Crippen LogP contribution in [0.3, 0.4) is 0 Å². The topological polar surface area (TPSA) is 71.8 Å². The summed E-state index contributed by atoms with van der Waals surface area (Å²) in [5, 5.41) is 9.96. The fourth-order valence-corrected chi connectivity index (χ4v) is 1.84. The third-order valence-electron chi connectivity index (χ3n) is 2.88. The van der Waals surface area contributed by atoms with Crippen LogP contribution >= 0.6 is 24.8 Å². The van der Waals surface area contributed by atoms with Gasteiger partial charge in [-0.05, 0) is 37.7 Å². The second kappa shape index (κ2) is 11.0. The minimum absolute atomic E-state index is 0. The number of anilines is 1. The predicted molar refractivity (Wildman–Crippen MR) is 91.9 cm³/mol. The van der Waals surface area contributed by atoms with E-state index in [1.54, 1.807) is 11.0 Å². The molecule has 22 heavy (non-hydrogen) atoms. The van der Waals surface area contributed by atoms with Gasteiger partial charge in [-0.1, -0.05) is 12.1 Å². The van der Waals surface area contributed by atoms with Crippen LogP contribution in [0, 0.1) is 0 Å². The smallest absolute Gasteiger partial charge is 0.224 e. The van der Waals surface area contributed by atoms with Gasteiger partial charge in [0.25, 0.3) is 0 Å². The number of nitrogens with one attached hydrogen (secondary N) is 2. The van der Waals surface area contributed by atoms with Gasteiger partial charge >= 0.3 is 0 Å².